The van der Waals surface area contributed by atoms with Gasteiger partial charge in [-0.1, -0.05) is 18.2 Å². The van der Waals surface area contributed by atoms with Gasteiger partial charge in [0.1, 0.15) is 5.00 Å². The van der Waals surface area contributed by atoms with Gasteiger partial charge in [0.2, 0.25) is 5.91 Å². The second-order valence-corrected chi connectivity index (χ2v) is 10.9. The van der Waals surface area contributed by atoms with Crippen molar-refractivity contribution in [3.63, 3.8) is 0 Å². The van der Waals surface area contributed by atoms with E-state index in [0.717, 1.165) is 17.0 Å². The second-order valence-electron chi connectivity index (χ2n) is 7.67. The molecule has 7 nitrogen and oxygen atoms in total. The summed E-state index contributed by atoms with van der Waals surface area (Å²) in [5, 5.41) is 3.21. The molecule has 1 aliphatic heterocycles. The summed E-state index contributed by atoms with van der Waals surface area (Å²) in [6.07, 6.45) is 0.511. The molecule has 2 aromatic rings. The van der Waals surface area contributed by atoms with Gasteiger partial charge >= 0.3 is 5.97 Å². The summed E-state index contributed by atoms with van der Waals surface area (Å²) in [7, 11) is -3.56. The average Bonchev–Trinajstić information content (AvgIpc) is 3.10. The van der Waals surface area contributed by atoms with Crippen molar-refractivity contribution in [3.05, 3.63) is 46.3 Å². The zero-order valence-corrected chi connectivity index (χ0v) is 19.6. The molecule has 0 radical (unpaired) electrons. The minimum Gasteiger partial charge on any atom is -0.462 e. The zero-order valence-electron chi connectivity index (χ0n) is 18.0. The van der Waals surface area contributed by atoms with Gasteiger partial charge in [-0.3, -0.25) is 9.69 Å². The lowest BCUT2D eigenvalue weighted by Gasteiger charge is -2.30. The standard InChI is InChI=1S/C22H28N2O5S2/c1-4-29-22(26)20-17-10-12-24(15(2)3)14-18(17)30-21(20)23-19(25)11-13-31(27,28)16-8-6-5-7-9-16/h5-9,15H,4,10-14H2,1-3H3,(H,23,25). The first kappa shape index (κ1) is 23.4. The SMILES string of the molecule is CCOC(=O)c1c(NC(=O)CCS(=O)(=O)c2ccccc2)sc2c1CCN(C(C)C)C2. The van der Waals surface area contributed by atoms with Crippen molar-refractivity contribution >= 4 is 38.1 Å². The van der Waals surface area contributed by atoms with E-state index in [9.17, 15) is 18.0 Å². The second kappa shape index (κ2) is 9.93. The lowest BCUT2D eigenvalue weighted by molar-refractivity contribution is -0.115. The number of rotatable bonds is 8. The average molecular weight is 465 g/mol. The highest BCUT2D eigenvalue weighted by atomic mass is 32.2. The van der Waals surface area contributed by atoms with Gasteiger partial charge in [0, 0.05) is 30.4 Å². The molecular formula is C22H28N2O5S2. The molecule has 9 heteroatoms. The summed E-state index contributed by atoms with van der Waals surface area (Å²) in [4.78, 5) is 28.7. The summed E-state index contributed by atoms with van der Waals surface area (Å²) in [5.41, 5.74) is 1.33. The topological polar surface area (TPSA) is 92.8 Å². The maximum atomic E-state index is 12.6. The molecule has 168 valence electrons. The van der Waals surface area contributed by atoms with Crippen molar-refractivity contribution in [2.75, 3.05) is 24.2 Å². The first-order valence-electron chi connectivity index (χ1n) is 10.4. The fraction of sp³-hybridized carbons (Fsp3) is 0.455. The molecule has 0 atom stereocenters. The molecule has 1 amide bonds. The Kier molecular flexibility index (Phi) is 7.51. The van der Waals surface area contributed by atoms with Gasteiger partial charge in [-0.05, 0) is 44.9 Å². The molecular weight excluding hydrogens is 436 g/mol. The van der Waals surface area contributed by atoms with Crippen LogP contribution in [0.5, 0.6) is 0 Å². The minimum atomic E-state index is -3.56. The Hall–Kier alpha value is -2.23. The molecule has 0 fully saturated rings. The van der Waals surface area contributed by atoms with E-state index in [4.69, 9.17) is 4.74 Å². The summed E-state index contributed by atoms with van der Waals surface area (Å²) in [5.74, 6) is -1.20. The highest BCUT2D eigenvalue weighted by Gasteiger charge is 2.30. The van der Waals surface area contributed by atoms with Crippen LogP contribution in [0.1, 0.15) is 48.0 Å². The number of carbonyl (C=O) groups is 2. The highest BCUT2D eigenvalue weighted by Crippen LogP contribution is 2.38. The number of sulfone groups is 1. The summed E-state index contributed by atoms with van der Waals surface area (Å²) in [6, 6.07) is 8.44. The number of benzene rings is 1. The third-order valence-corrected chi connectivity index (χ3v) is 8.11. The summed E-state index contributed by atoms with van der Waals surface area (Å²) in [6.45, 7) is 7.77. The predicted octanol–water partition coefficient (Wildman–Crippen LogP) is 3.49. The number of ether oxygens (including phenoxy) is 1. The number of nitrogens with one attached hydrogen (secondary N) is 1. The number of anilines is 1. The molecule has 1 aromatic carbocycles. The van der Waals surface area contributed by atoms with Gasteiger partial charge in [-0.2, -0.15) is 0 Å². The number of esters is 1. The van der Waals surface area contributed by atoms with Crippen LogP contribution in [0.15, 0.2) is 35.2 Å². The largest absolute Gasteiger partial charge is 0.462 e. The minimum absolute atomic E-state index is 0.190. The fourth-order valence-corrected chi connectivity index (χ4v) is 6.07. The van der Waals surface area contributed by atoms with Crippen molar-refractivity contribution in [1.29, 1.82) is 0 Å². The first-order chi connectivity index (χ1) is 14.7. The Bertz CT molecular complexity index is 1050. The third kappa shape index (κ3) is 5.53. The molecule has 2 heterocycles. The maximum Gasteiger partial charge on any atom is 0.341 e. The highest BCUT2D eigenvalue weighted by molar-refractivity contribution is 7.91. The van der Waals surface area contributed by atoms with Crippen LogP contribution in [0, 0.1) is 0 Å². The quantitative estimate of drug-likeness (QED) is 0.601. The molecule has 1 aromatic heterocycles. The van der Waals surface area contributed by atoms with Crippen molar-refractivity contribution in [2.45, 2.75) is 51.1 Å². The van der Waals surface area contributed by atoms with Crippen molar-refractivity contribution in [3.8, 4) is 0 Å². The van der Waals surface area contributed by atoms with Gasteiger partial charge in [0.05, 0.1) is 22.8 Å². The van der Waals surface area contributed by atoms with E-state index >= 15 is 0 Å². The number of hydrogen-bond acceptors (Lipinski definition) is 7. The van der Waals surface area contributed by atoms with E-state index < -0.39 is 21.7 Å². The van der Waals surface area contributed by atoms with Gasteiger partial charge in [-0.25, -0.2) is 13.2 Å². The Morgan fingerprint density at radius 3 is 2.58 bits per heavy atom. The zero-order chi connectivity index (χ0) is 22.6. The Morgan fingerprint density at radius 2 is 1.94 bits per heavy atom. The molecule has 1 N–H and O–H groups in total. The van der Waals surface area contributed by atoms with E-state index in [2.05, 4.69) is 24.1 Å². The first-order valence-corrected chi connectivity index (χ1v) is 12.8. The van der Waals surface area contributed by atoms with Crippen molar-refractivity contribution in [2.24, 2.45) is 0 Å². The van der Waals surface area contributed by atoms with Crippen LogP contribution in [-0.2, 0) is 32.3 Å². The van der Waals surface area contributed by atoms with E-state index in [-0.39, 0.29) is 23.7 Å². The molecule has 0 aliphatic carbocycles. The third-order valence-electron chi connectivity index (χ3n) is 5.25. The van der Waals surface area contributed by atoms with Crippen LogP contribution in [-0.4, -0.2) is 50.1 Å². The number of fused-ring (bicyclic) bond motifs is 1. The number of nitrogens with zero attached hydrogens (tertiary/aromatic N) is 1. The van der Waals surface area contributed by atoms with E-state index in [1.54, 1.807) is 25.1 Å². The fourth-order valence-electron chi connectivity index (χ4n) is 3.53. The maximum absolute atomic E-state index is 12.6. The summed E-state index contributed by atoms with van der Waals surface area (Å²) >= 11 is 1.37. The number of amides is 1. The van der Waals surface area contributed by atoms with Crippen LogP contribution in [0.3, 0.4) is 0 Å². The van der Waals surface area contributed by atoms with Crippen molar-refractivity contribution in [1.82, 2.24) is 4.90 Å². The molecule has 0 saturated heterocycles. The number of thiophene rings is 1. The molecule has 0 unspecified atom stereocenters. The molecule has 31 heavy (non-hydrogen) atoms. The Labute approximate surface area is 187 Å². The number of carbonyl (C=O) groups excluding carboxylic acids is 2. The lowest BCUT2D eigenvalue weighted by Crippen LogP contribution is -2.35. The number of hydrogen-bond donors (Lipinski definition) is 1. The van der Waals surface area contributed by atoms with Crippen LogP contribution in [0.2, 0.25) is 0 Å². The molecule has 0 spiro atoms. The normalized spacial score (nSPS) is 14.3. The Morgan fingerprint density at radius 1 is 1.23 bits per heavy atom. The van der Waals surface area contributed by atoms with Crippen molar-refractivity contribution < 1.29 is 22.7 Å². The molecule has 1 aliphatic rings. The smallest absolute Gasteiger partial charge is 0.341 e. The molecule has 0 bridgehead atoms. The van der Waals surface area contributed by atoms with Gasteiger partial charge in [0.25, 0.3) is 0 Å². The van der Waals surface area contributed by atoms with Gasteiger partial charge in [-0.15, -0.1) is 11.3 Å². The van der Waals surface area contributed by atoms with Crippen LogP contribution < -0.4 is 5.32 Å². The lowest BCUT2D eigenvalue weighted by atomic mass is 10.0. The van der Waals surface area contributed by atoms with Gasteiger partial charge in [0.15, 0.2) is 9.84 Å². The molecule has 3 rings (SSSR count). The molecule has 0 saturated carbocycles. The Balaban J connectivity index is 1.77. The van der Waals surface area contributed by atoms with E-state index in [1.807, 2.05) is 0 Å². The monoisotopic (exact) mass is 464 g/mol. The van der Waals surface area contributed by atoms with Gasteiger partial charge < -0.3 is 10.1 Å². The van der Waals surface area contributed by atoms with E-state index in [0.29, 0.717) is 29.6 Å². The predicted molar refractivity (Wildman–Crippen MR) is 121 cm³/mol. The van der Waals surface area contributed by atoms with E-state index in [1.165, 1.54) is 23.5 Å². The van der Waals surface area contributed by atoms with Crippen LogP contribution >= 0.6 is 11.3 Å². The summed E-state index contributed by atoms with van der Waals surface area (Å²) < 4.78 is 30.1. The van der Waals surface area contributed by atoms with Crippen LogP contribution in [0.25, 0.3) is 0 Å². The van der Waals surface area contributed by atoms with Crippen LogP contribution in [0.4, 0.5) is 5.00 Å².